The molecular weight excluding hydrogens is 320 g/mol. The maximum Gasteiger partial charge on any atom is 0.191 e. The van der Waals surface area contributed by atoms with Crippen LogP contribution in [0.2, 0.25) is 0 Å². The largest absolute Gasteiger partial charge is 0.376 e. The molecule has 1 aromatic carbocycles. The zero-order valence-electron chi connectivity index (χ0n) is 14.6. The monoisotopic (exact) mass is 346 g/mol. The summed E-state index contributed by atoms with van der Waals surface area (Å²) in [6, 6.07) is 10.2. The lowest BCUT2D eigenvalue weighted by molar-refractivity contribution is 0.0931. The molecule has 24 heavy (non-hydrogen) atoms. The third kappa shape index (κ3) is 6.68. The lowest BCUT2D eigenvalue weighted by Crippen LogP contribution is -2.39. The molecule has 1 aromatic heterocycles. The van der Waals surface area contributed by atoms with Gasteiger partial charge in [0.05, 0.1) is 24.8 Å². The third-order valence-electron chi connectivity index (χ3n) is 3.45. The molecule has 0 fully saturated rings. The molecule has 2 aromatic rings. The number of aromatic nitrogens is 1. The summed E-state index contributed by atoms with van der Waals surface area (Å²) < 4.78 is 5.77. The van der Waals surface area contributed by atoms with E-state index in [0.29, 0.717) is 19.1 Å². The predicted octanol–water partition coefficient (Wildman–Crippen LogP) is 2.97. The first-order valence-corrected chi connectivity index (χ1v) is 8.96. The molecule has 0 amide bonds. The third-order valence-corrected chi connectivity index (χ3v) is 4.37. The second-order valence-electron chi connectivity index (χ2n) is 5.76. The lowest BCUT2D eigenvalue weighted by Gasteiger charge is -2.16. The van der Waals surface area contributed by atoms with Crippen molar-refractivity contribution in [1.82, 2.24) is 15.6 Å². The molecule has 0 aliphatic carbocycles. The highest BCUT2D eigenvalue weighted by atomic mass is 32.1. The van der Waals surface area contributed by atoms with Gasteiger partial charge in [-0.3, -0.25) is 4.99 Å². The first kappa shape index (κ1) is 18.4. The Hall–Kier alpha value is -1.92. The van der Waals surface area contributed by atoms with Gasteiger partial charge in [-0.15, -0.1) is 11.3 Å². The fourth-order valence-corrected chi connectivity index (χ4v) is 2.90. The van der Waals surface area contributed by atoms with Gasteiger partial charge < -0.3 is 15.4 Å². The summed E-state index contributed by atoms with van der Waals surface area (Å²) in [7, 11) is 1.78. The first-order valence-electron chi connectivity index (χ1n) is 8.15. The second-order valence-corrected chi connectivity index (χ2v) is 7.08. The summed E-state index contributed by atoms with van der Waals surface area (Å²) >= 11 is 1.70. The quantitative estimate of drug-likeness (QED) is 0.570. The summed E-state index contributed by atoms with van der Waals surface area (Å²) in [6.45, 7) is 7.10. The van der Waals surface area contributed by atoms with Gasteiger partial charge >= 0.3 is 0 Å². The Bertz CT molecular complexity index is 627. The molecule has 0 aliphatic rings. The van der Waals surface area contributed by atoms with Crippen molar-refractivity contribution >= 4 is 17.3 Å². The molecule has 2 N–H and O–H groups in total. The highest BCUT2D eigenvalue weighted by Gasteiger charge is 2.05. The van der Waals surface area contributed by atoms with Crippen LogP contribution >= 0.6 is 11.3 Å². The lowest BCUT2D eigenvalue weighted by atomic mass is 10.2. The topological polar surface area (TPSA) is 58.5 Å². The van der Waals surface area contributed by atoms with Gasteiger partial charge in [0.15, 0.2) is 5.96 Å². The number of nitrogens with zero attached hydrogens (tertiary/aromatic N) is 2. The molecule has 2 rings (SSSR count). The number of ether oxygens (including phenoxy) is 1. The van der Waals surface area contributed by atoms with E-state index in [1.54, 1.807) is 18.4 Å². The molecule has 0 bridgehead atoms. The SMILES string of the molecule is CN=C(NCc1cnc(C)s1)NCC(C)COCc1ccccc1. The summed E-state index contributed by atoms with van der Waals surface area (Å²) in [6.07, 6.45) is 1.90. The molecule has 1 atom stereocenters. The van der Waals surface area contributed by atoms with E-state index in [1.165, 1.54) is 10.4 Å². The van der Waals surface area contributed by atoms with Gasteiger partial charge in [-0.1, -0.05) is 37.3 Å². The van der Waals surface area contributed by atoms with E-state index in [4.69, 9.17) is 4.74 Å². The maximum atomic E-state index is 5.77. The fraction of sp³-hybridized carbons (Fsp3) is 0.444. The average molecular weight is 347 g/mol. The van der Waals surface area contributed by atoms with Crippen molar-refractivity contribution in [3.63, 3.8) is 0 Å². The van der Waals surface area contributed by atoms with Crippen LogP contribution in [-0.2, 0) is 17.9 Å². The molecule has 0 radical (unpaired) electrons. The van der Waals surface area contributed by atoms with Gasteiger partial charge in [-0.25, -0.2) is 4.98 Å². The summed E-state index contributed by atoms with van der Waals surface area (Å²) in [5.41, 5.74) is 1.20. The number of guanidine groups is 1. The zero-order chi connectivity index (χ0) is 17.2. The van der Waals surface area contributed by atoms with E-state index in [1.807, 2.05) is 31.3 Å². The molecular formula is C18H26N4OS. The average Bonchev–Trinajstić information content (AvgIpc) is 3.01. The standard InChI is InChI=1S/C18H26N4OS/c1-14(12-23-13-16-7-5-4-6-8-16)9-21-18(19-3)22-11-17-10-20-15(2)24-17/h4-8,10,14H,9,11-13H2,1-3H3,(H2,19,21,22). The van der Waals surface area contributed by atoms with Crippen molar-refractivity contribution in [3.8, 4) is 0 Å². The van der Waals surface area contributed by atoms with Gasteiger partial charge in [0.2, 0.25) is 0 Å². The summed E-state index contributed by atoms with van der Waals surface area (Å²) in [5.74, 6) is 1.20. The van der Waals surface area contributed by atoms with E-state index in [2.05, 4.69) is 39.7 Å². The normalized spacial score (nSPS) is 12.9. The van der Waals surface area contributed by atoms with Crippen molar-refractivity contribution < 1.29 is 4.74 Å². The van der Waals surface area contributed by atoms with E-state index < -0.39 is 0 Å². The van der Waals surface area contributed by atoms with Crippen molar-refractivity contribution in [3.05, 3.63) is 52.0 Å². The van der Waals surface area contributed by atoms with E-state index in [9.17, 15) is 0 Å². The van der Waals surface area contributed by atoms with Crippen LogP contribution in [-0.4, -0.2) is 31.1 Å². The highest BCUT2D eigenvalue weighted by Crippen LogP contribution is 2.10. The molecule has 0 spiro atoms. The number of hydrogen-bond donors (Lipinski definition) is 2. The molecule has 6 heteroatoms. The Morgan fingerprint density at radius 3 is 2.75 bits per heavy atom. The Labute approximate surface area is 148 Å². The highest BCUT2D eigenvalue weighted by molar-refractivity contribution is 7.11. The smallest absolute Gasteiger partial charge is 0.191 e. The number of aliphatic imine (C=N–C) groups is 1. The number of rotatable bonds is 8. The molecule has 130 valence electrons. The molecule has 0 saturated carbocycles. The first-order chi connectivity index (χ1) is 11.7. The van der Waals surface area contributed by atoms with Crippen LogP contribution in [0.1, 0.15) is 22.4 Å². The second kappa shape index (κ2) is 10.1. The van der Waals surface area contributed by atoms with Crippen molar-refractivity contribution in [2.24, 2.45) is 10.9 Å². The van der Waals surface area contributed by atoms with Gasteiger partial charge in [0.1, 0.15) is 0 Å². The predicted molar refractivity (Wildman–Crippen MR) is 100 cm³/mol. The van der Waals surface area contributed by atoms with Gasteiger partial charge in [-0.2, -0.15) is 0 Å². The van der Waals surface area contributed by atoms with Gasteiger partial charge in [-0.05, 0) is 18.4 Å². The van der Waals surface area contributed by atoms with E-state index in [0.717, 1.165) is 24.1 Å². The van der Waals surface area contributed by atoms with Gasteiger partial charge in [0.25, 0.3) is 0 Å². The summed E-state index contributed by atoms with van der Waals surface area (Å²) in [5, 5.41) is 7.73. The fourth-order valence-electron chi connectivity index (χ4n) is 2.16. The molecule has 1 unspecified atom stereocenters. The maximum absolute atomic E-state index is 5.77. The Kier molecular flexibility index (Phi) is 7.71. The number of thiazole rings is 1. The minimum atomic E-state index is 0.401. The number of benzene rings is 1. The number of aryl methyl sites for hydroxylation is 1. The van der Waals surface area contributed by atoms with Crippen LogP contribution < -0.4 is 10.6 Å². The Morgan fingerprint density at radius 1 is 1.29 bits per heavy atom. The zero-order valence-corrected chi connectivity index (χ0v) is 15.4. The molecule has 0 saturated heterocycles. The van der Waals surface area contributed by atoms with Crippen molar-refractivity contribution in [2.45, 2.75) is 27.0 Å². The molecule has 5 nitrogen and oxygen atoms in total. The minimum absolute atomic E-state index is 0.401. The van der Waals surface area contributed by atoms with Crippen LogP contribution in [0.5, 0.6) is 0 Å². The van der Waals surface area contributed by atoms with Crippen LogP contribution in [0.4, 0.5) is 0 Å². The van der Waals surface area contributed by atoms with E-state index in [-0.39, 0.29) is 0 Å². The Morgan fingerprint density at radius 2 is 2.08 bits per heavy atom. The molecule has 0 aliphatic heterocycles. The van der Waals surface area contributed by atoms with Crippen LogP contribution in [0.25, 0.3) is 0 Å². The van der Waals surface area contributed by atoms with Crippen LogP contribution in [0.15, 0.2) is 41.5 Å². The minimum Gasteiger partial charge on any atom is -0.376 e. The Balaban J connectivity index is 1.63. The van der Waals surface area contributed by atoms with E-state index >= 15 is 0 Å². The van der Waals surface area contributed by atoms with Crippen LogP contribution in [0, 0.1) is 12.8 Å². The van der Waals surface area contributed by atoms with Gasteiger partial charge in [0, 0.05) is 24.7 Å². The number of hydrogen-bond acceptors (Lipinski definition) is 4. The number of nitrogens with one attached hydrogen (secondary N) is 2. The molecule has 1 heterocycles. The van der Waals surface area contributed by atoms with Crippen molar-refractivity contribution in [1.29, 1.82) is 0 Å². The van der Waals surface area contributed by atoms with Crippen molar-refractivity contribution in [2.75, 3.05) is 20.2 Å². The van der Waals surface area contributed by atoms with Crippen LogP contribution in [0.3, 0.4) is 0 Å². The summed E-state index contributed by atoms with van der Waals surface area (Å²) in [4.78, 5) is 9.71.